The lowest BCUT2D eigenvalue weighted by molar-refractivity contribution is -0.125. The summed E-state index contributed by atoms with van der Waals surface area (Å²) in [7, 11) is 0. The number of nitrogens with one attached hydrogen (secondary N) is 1. The van der Waals surface area contributed by atoms with Crippen LogP contribution in [0.4, 0.5) is 4.39 Å². The van der Waals surface area contributed by atoms with Crippen LogP contribution in [0.5, 0.6) is 0 Å². The minimum Gasteiger partial charge on any atom is -0.347 e. The van der Waals surface area contributed by atoms with Crippen molar-refractivity contribution >= 4 is 5.91 Å². The highest BCUT2D eigenvalue weighted by Crippen LogP contribution is 2.11. The minimum absolute atomic E-state index is 0.197. The summed E-state index contributed by atoms with van der Waals surface area (Å²) in [5.74, 6) is -0.652. The molecule has 80 valence electrons. The molecular weight excluding hydrogens is 193 g/mol. The second-order valence-electron chi connectivity index (χ2n) is 3.28. The van der Waals surface area contributed by atoms with Crippen LogP contribution in [-0.2, 0) is 4.79 Å². The summed E-state index contributed by atoms with van der Waals surface area (Å²) >= 11 is 0. The number of benzene rings is 1. The topological polar surface area (TPSA) is 29.1 Å². The molecule has 0 saturated heterocycles. The summed E-state index contributed by atoms with van der Waals surface area (Å²) in [6.45, 7) is 5.03. The lowest BCUT2D eigenvalue weighted by Gasteiger charge is -2.14. The van der Waals surface area contributed by atoms with E-state index in [0.717, 1.165) is 11.6 Å². The van der Waals surface area contributed by atoms with Gasteiger partial charge in [-0.2, -0.15) is 0 Å². The van der Waals surface area contributed by atoms with Crippen LogP contribution in [0.3, 0.4) is 0 Å². The van der Waals surface area contributed by atoms with Crippen molar-refractivity contribution in [2.24, 2.45) is 0 Å². The normalized spacial score (nSPS) is 14.0. The summed E-state index contributed by atoms with van der Waals surface area (Å²) in [5.41, 5.74) is 0.946. The fourth-order valence-electron chi connectivity index (χ4n) is 1.23. The van der Waals surface area contributed by atoms with Gasteiger partial charge < -0.3 is 5.32 Å². The molecule has 1 amide bonds. The molecule has 2 nitrogen and oxygen atoms in total. The number of hydrogen-bond acceptors (Lipinski definition) is 1. The van der Waals surface area contributed by atoms with E-state index in [1.54, 1.807) is 0 Å². The lowest BCUT2D eigenvalue weighted by Crippen LogP contribution is -2.32. The number of hydrogen-bond donors (Lipinski definition) is 1. The van der Waals surface area contributed by atoms with Crippen molar-refractivity contribution in [3.63, 3.8) is 0 Å². The number of alkyl halides is 1. The Morgan fingerprint density at radius 3 is 2.60 bits per heavy atom. The maximum Gasteiger partial charge on any atom is 0.259 e. The molecule has 3 heteroatoms. The number of amides is 1. The first-order valence-electron chi connectivity index (χ1n) is 4.77. The molecule has 1 aromatic carbocycles. The molecule has 0 aliphatic carbocycles. The van der Waals surface area contributed by atoms with Gasteiger partial charge in [-0.3, -0.25) is 4.79 Å². The van der Waals surface area contributed by atoms with Gasteiger partial charge in [-0.15, -0.1) is 0 Å². The molecule has 1 unspecified atom stereocenters. The van der Waals surface area contributed by atoms with Gasteiger partial charge >= 0.3 is 0 Å². The van der Waals surface area contributed by atoms with Crippen LogP contribution in [0.15, 0.2) is 43.0 Å². The Morgan fingerprint density at radius 1 is 1.47 bits per heavy atom. The van der Waals surface area contributed by atoms with E-state index < -0.39 is 12.1 Å². The highest BCUT2D eigenvalue weighted by Gasteiger charge is 2.15. The SMILES string of the molecule is C=CC(F)C(=O)N[C@@H](C)c1ccccc1. The first kappa shape index (κ1) is 11.4. The van der Waals surface area contributed by atoms with Crippen LogP contribution >= 0.6 is 0 Å². The van der Waals surface area contributed by atoms with E-state index in [0.29, 0.717) is 0 Å². The van der Waals surface area contributed by atoms with Gasteiger partial charge in [-0.1, -0.05) is 36.9 Å². The van der Waals surface area contributed by atoms with Crippen molar-refractivity contribution in [2.75, 3.05) is 0 Å². The van der Waals surface area contributed by atoms with Crippen LogP contribution in [0.2, 0.25) is 0 Å². The smallest absolute Gasteiger partial charge is 0.259 e. The van der Waals surface area contributed by atoms with E-state index >= 15 is 0 Å². The molecule has 2 atom stereocenters. The van der Waals surface area contributed by atoms with Crippen molar-refractivity contribution in [1.82, 2.24) is 5.32 Å². The summed E-state index contributed by atoms with van der Waals surface area (Å²) in [6.07, 6.45) is -0.663. The highest BCUT2D eigenvalue weighted by molar-refractivity contribution is 5.82. The van der Waals surface area contributed by atoms with Gasteiger partial charge in [0.2, 0.25) is 0 Å². The Morgan fingerprint density at radius 2 is 2.07 bits per heavy atom. The lowest BCUT2D eigenvalue weighted by atomic mass is 10.1. The Hall–Kier alpha value is -1.64. The van der Waals surface area contributed by atoms with Crippen molar-refractivity contribution in [2.45, 2.75) is 19.1 Å². The predicted octanol–water partition coefficient (Wildman–Crippen LogP) is 2.39. The molecule has 0 aliphatic heterocycles. The van der Waals surface area contributed by atoms with Gasteiger partial charge in [0.1, 0.15) is 0 Å². The highest BCUT2D eigenvalue weighted by atomic mass is 19.1. The molecular formula is C12H14FNO. The fraction of sp³-hybridized carbons (Fsp3) is 0.250. The molecule has 1 aromatic rings. The molecule has 1 N–H and O–H groups in total. The molecule has 0 radical (unpaired) electrons. The molecule has 0 fully saturated rings. The van der Waals surface area contributed by atoms with Crippen molar-refractivity contribution in [3.05, 3.63) is 48.6 Å². The Labute approximate surface area is 88.8 Å². The average molecular weight is 207 g/mol. The Bertz CT molecular complexity index is 337. The van der Waals surface area contributed by atoms with Gasteiger partial charge in [0.05, 0.1) is 6.04 Å². The van der Waals surface area contributed by atoms with Crippen LogP contribution in [0.1, 0.15) is 18.5 Å². The molecule has 15 heavy (non-hydrogen) atoms. The number of carbonyl (C=O) groups excluding carboxylic acids is 1. The Kier molecular flexibility index (Phi) is 4.03. The minimum atomic E-state index is -1.64. The van der Waals surface area contributed by atoms with Crippen molar-refractivity contribution in [3.8, 4) is 0 Å². The summed E-state index contributed by atoms with van der Waals surface area (Å²) in [4.78, 5) is 11.2. The zero-order chi connectivity index (χ0) is 11.3. The van der Waals surface area contributed by atoms with Crippen LogP contribution < -0.4 is 5.32 Å². The number of rotatable bonds is 4. The summed E-state index contributed by atoms with van der Waals surface area (Å²) in [5, 5.41) is 2.56. The standard InChI is InChI=1S/C12H14FNO/c1-3-11(13)12(15)14-9(2)10-7-5-4-6-8-10/h3-9,11H,1H2,2H3,(H,14,15)/t9-,11?/m0/s1. The summed E-state index contributed by atoms with van der Waals surface area (Å²) < 4.78 is 12.9. The molecule has 1 rings (SSSR count). The van der Waals surface area contributed by atoms with Crippen LogP contribution in [0.25, 0.3) is 0 Å². The molecule has 0 bridgehead atoms. The molecule has 0 spiro atoms. The monoisotopic (exact) mass is 207 g/mol. The third-order valence-corrected chi connectivity index (χ3v) is 2.12. The molecule has 0 heterocycles. The van der Waals surface area contributed by atoms with Crippen LogP contribution in [-0.4, -0.2) is 12.1 Å². The number of halogens is 1. The average Bonchev–Trinajstić information content (AvgIpc) is 2.29. The van der Waals surface area contributed by atoms with E-state index in [1.165, 1.54) is 0 Å². The molecule has 0 saturated carbocycles. The van der Waals surface area contributed by atoms with Gasteiger partial charge in [-0.25, -0.2) is 4.39 Å². The predicted molar refractivity (Wildman–Crippen MR) is 58.1 cm³/mol. The van der Waals surface area contributed by atoms with Gasteiger partial charge in [0, 0.05) is 0 Å². The van der Waals surface area contributed by atoms with Crippen LogP contribution in [0, 0.1) is 0 Å². The second kappa shape index (κ2) is 5.29. The van der Waals surface area contributed by atoms with Crippen molar-refractivity contribution in [1.29, 1.82) is 0 Å². The largest absolute Gasteiger partial charge is 0.347 e. The number of carbonyl (C=O) groups is 1. The first-order chi connectivity index (χ1) is 7.15. The maximum atomic E-state index is 12.9. The van der Waals surface area contributed by atoms with E-state index in [4.69, 9.17) is 0 Å². The zero-order valence-corrected chi connectivity index (χ0v) is 8.61. The third kappa shape index (κ3) is 3.20. The quantitative estimate of drug-likeness (QED) is 0.754. The van der Waals surface area contributed by atoms with Gasteiger partial charge in [-0.05, 0) is 18.6 Å². The first-order valence-corrected chi connectivity index (χ1v) is 4.77. The molecule has 0 aromatic heterocycles. The van der Waals surface area contributed by atoms with Gasteiger partial charge in [0.15, 0.2) is 6.17 Å². The van der Waals surface area contributed by atoms with E-state index in [9.17, 15) is 9.18 Å². The fourth-order valence-corrected chi connectivity index (χ4v) is 1.23. The maximum absolute atomic E-state index is 12.9. The van der Waals surface area contributed by atoms with E-state index in [-0.39, 0.29) is 6.04 Å². The van der Waals surface area contributed by atoms with E-state index in [1.807, 2.05) is 37.3 Å². The van der Waals surface area contributed by atoms with Gasteiger partial charge in [0.25, 0.3) is 5.91 Å². The zero-order valence-electron chi connectivity index (χ0n) is 8.61. The third-order valence-electron chi connectivity index (χ3n) is 2.12. The second-order valence-corrected chi connectivity index (χ2v) is 3.28. The van der Waals surface area contributed by atoms with Crippen molar-refractivity contribution < 1.29 is 9.18 Å². The Balaban J connectivity index is 2.60. The molecule has 0 aliphatic rings. The van der Waals surface area contributed by atoms with E-state index in [2.05, 4.69) is 11.9 Å². The summed E-state index contributed by atoms with van der Waals surface area (Å²) in [6, 6.07) is 9.20.